The minimum atomic E-state index is -0.0424. The third-order valence-corrected chi connectivity index (χ3v) is 5.83. The maximum absolute atomic E-state index is 12.9. The van der Waals surface area contributed by atoms with E-state index in [9.17, 15) is 9.59 Å². The van der Waals surface area contributed by atoms with Crippen LogP contribution >= 0.6 is 11.3 Å². The Balaban J connectivity index is 1.37. The number of hydrogen-bond acceptors (Lipinski definition) is 3. The van der Waals surface area contributed by atoms with Gasteiger partial charge in [-0.1, -0.05) is 36.4 Å². The van der Waals surface area contributed by atoms with Crippen LogP contribution in [0.1, 0.15) is 33.6 Å². The van der Waals surface area contributed by atoms with Gasteiger partial charge in [0.25, 0.3) is 11.8 Å². The van der Waals surface area contributed by atoms with E-state index in [1.807, 2.05) is 64.9 Å². The molecule has 4 rings (SSSR count). The van der Waals surface area contributed by atoms with Crippen LogP contribution in [0.4, 0.5) is 0 Å². The molecule has 3 aromatic rings. The number of nitrogens with one attached hydrogen (secondary N) is 1. The molecule has 0 saturated carbocycles. The van der Waals surface area contributed by atoms with Gasteiger partial charge in [-0.15, -0.1) is 11.3 Å². The lowest BCUT2D eigenvalue weighted by atomic mass is 10.0. The molecule has 4 nitrogen and oxygen atoms in total. The monoisotopic (exact) mass is 364 g/mol. The minimum Gasteiger partial charge on any atom is -0.349 e. The normalized spacial score (nSPS) is 15.2. The van der Waals surface area contributed by atoms with Crippen molar-refractivity contribution in [3.63, 3.8) is 0 Å². The van der Waals surface area contributed by atoms with Gasteiger partial charge in [0.2, 0.25) is 0 Å². The maximum atomic E-state index is 12.9. The van der Waals surface area contributed by atoms with E-state index in [1.54, 1.807) is 11.3 Å². The highest BCUT2D eigenvalue weighted by Gasteiger charge is 2.26. The molecule has 0 bridgehead atoms. The number of piperidine rings is 1. The maximum Gasteiger partial charge on any atom is 0.255 e. The Morgan fingerprint density at radius 1 is 0.962 bits per heavy atom. The predicted molar refractivity (Wildman–Crippen MR) is 105 cm³/mol. The SMILES string of the molecule is O=C(NC1CCN(C(=O)c2csc3ccccc23)CC1)c1ccccc1. The molecule has 1 fully saturated rings. The van der Waals surface area contributed by atoms with Gasteiger partial charge in [0.15, 0.2) is 0 Å². The summed E-state index contributed by atoms with van der Waals surface area (Å²) in [4.78, 5) is 27.0. The number of nitrogens with zero attached hydrogens (tertiary/aromatic N) is 1. The Morgan fingerprint density at radius 3 is 2.42 bits per heavy atom. The molecule has 5 heteroatoms. The summed E-state index contributed by atoms with van der Waals surface area (Å²) < 4.78 is 1.14. The standard InChI is InChI=1S/C21H20N2O2S/c24-20(15-6-2-1-3-7-15)22-16-10-12-23(13-11-16)21(25)18-14-26-19-9-5-4-8-17(18)19/h1-9,14,16H,10-13H2,(H,22,24). The predicted octanol–water partition coefficient (Wildman–Crippen LogP) is 3.94. The highest BCUT2D eigenvalue weighted by atomic mass is 32.1. The average Bonchev–Trinajstić information content (AvgIpc) is 3.13. The molecule has 2 amide bonds. The van der Waals surface area contributed by atoms with Crippen LogP contribution in [0, 0.1) is 0 Å². The number of carbonyl (C=O) groups excluding carboxylic acids is 2. The van der Waals surface area contributed by atoms with Gasteiger partial charge in [0, 0.05) is 40.2 Å². The molecule has 1 N–H and O–H groups in total. The summed E-state index contributed by atoms with van der Waals surface area (Å²) >= 11 is 1.61. The van der Waals surface area contributed by atoms with E-state index >= 15 is 0 Å². The second kappa shape index (κ2) is 7.30. The van der Waals surface area contributed by atoms with Gasteiger partial charge in [-0.25, -0.2) is 0 Å². The summed E-state index contributed by atoms with van der Waals surface area (Å²) in [7, 11) is 0. The highest BCUT2D eigenvalue weighted by molar-refractivity contribution is 7.17. The minimum absolute atomic E-state index is 0.0424. The summed E-state index contributed by atoms with van der Waals surface area (Å²) in [6.07, 6.45) is 1.57. The summed E-state index contributed by atoms with van der Waals surface area (Å²) in [5.74, 6) is 0.0505. The van der Waals surface area contributed by atoms with Crippen molar-refractivity contribution in [1.82, 2.24) is 10.2 Å². The second-order valence-corrected chi connectivity index (χ2v) is 7.46. The number of carbonyl (C=O) groups is 2. The lowest BCUT2D eigenvalue weighted by Crippen LogP contribution is -2.46. The van der Waals surface area contributed by atoms with Gasteiger partial charge < -0.3 is 10.2 Å². The van der Waals surface area contributed by atoms with E-state index in [0.717, 1.165) is 28.5 Å². The van der Waals surface area contributed by atoms with Gasteiger partial charge >= 0.3 is 0 Å². The van der Waals surface area contributed by atoms with Crippen molar-refractivity contribution >= 4 is 33.2 Å². The summed E-state index contributed by atoms with van der Waals surface area (Å²) in [5, 5.41) is 6.07. The molecule has 132 valence electrons. The highest BCUT2D eigenvalue weighted by Crippen LogP contribution is 2.27. The third-order valence-electron chi connectivity index (χ3n) is 4.86. The van der Waals surface area contributed by atoms with Crippen LogP contribution in [0.15, 0.2) is 60.0 Å². The first-order valence-corrected chi connectivity index (χ1v) is 9.72. The van der Waals surface area contributed by atoms with Crippen LogP contribution in [0.3, 0.4) is 0 Å². The first-order chi connectivity index (χ1) is 12.7. The molecule has 2 heterocycles. The second-order valence-electron chi connectivity index (χ2n) is 6.55. The Bertz CT molecular complexity index is 927. The van der Waals surface area contributed by atoms with Crippen LogP contribution in [-0.2, 0) is 0 Å². The summed E-state index contributed by atoms with van der Waals surface area (Å²) in [6, 6.07) is 17.4. The smallest absolute Gasteiger partial charge is 0.255 e. The summed E-state index contributed by atoms with van der Waals surface area (Å²) in [5.41, 5.74) is 1.47. The van der Waals surface area contributed by atoms with E-state index in [-0.39, 0.29) is 17.9 Å². The average molecular weight is 364 g/mol. The zero-order valence-electron chi connectivity index (χ0n) is 14.4. The molecule has 2 aromatic carbocycles. The molecule has 1 saturated heterocycles. The lowest BCUT2D eigenvalue weighted by Gasteiger charge is -2.32. The van der Waals surface area contributed by atoms with Crippen molar-refractivity contribution in [3.8, 4) is 0 Å². The van der Waals surface area contributed by atoms with E-state index < -0.39 is 0 Å². The molecule has 0 atom stereocenters. The first kappa shape index (κ1) is 16.8. The molecule has 0 spiro atoms. The Labute approximate surface area is 156 Å². The Kier molecular flexibility index (Phi) is 4.71. The lowest BCUT2D eigenvalue weighted by molar-refractivity contribution is 0.0700. The molecular formula is C21H20N2O2S. The molecule has 1 aliphatic heterocycles. The summed E-state index contributed by atoms with van der Waals surface area (Å²) in [6.45, 7) is 1.34. The zero-order valence-corrected chi connectivity index (χ0v) is 15.2. The van der Waals surface area contributed by atoms with Gasteiger partial charge in [-0.2, -0.15) is 0 Å². The van der Waals surface area contributed by atoms with Gasteiger partial charge in [0.05, 0.1) is 5.56 Å². The Hall–Kier alpha value is -2.66. The van der Waals surface area contributed by atoms with E-state index in [4.69, 9.17) is 0 Å². The van der Waals surface area contributed by atoms with Crippen LogP contribution in [0.5, 0.6) is 0 Å². The van der Waals surface area contributed by atoms with E-state index in [0.29, 0.717) is 18.7 Å². The number of likely N-dealkylation sites (tertiary alicyclic amines) is 1. The topological polar surface area (TPSA) is 49.4 Å². The van der Waals surface area contributed by atoms with Gasteiger partial charge in [-0.05, 0) is 31.0 Å². The van der Waals surface area contributed by atoms with E-state index in [2.05, 4.69) is 5.32 Å². The van der Waals surface area contributed by atoms with E-state index in [1.165, 1.54) is 0 Å². The van der Waals surface area contributed by atoms with Crippen LogP contribution in [-0.4, -0.2) is 35.8 Å². The quantitative estimate of drug-likeness (QED) is 0.765. The molecule has 0 aliphatic carbocycles. The number of thiophene rings is 1. The van der Waals surface area contributed by atoms with Crippen LogP contribution in [0.25, 0.3) is 10.1 Å². The zero-order chi connectivity index (χ0) is 17.9. The fourth-order valence-corrected chi connectivity index (χ4v) is 4.33. The van der Waals surface area contributed by atoms with Crippen molar-refractivity contribution in [2.24, 2.45) is 0 Å². The van der Waals surface area contributed by atoms with Crippen LogP contribution < -0.4 is 5.32 Å². The molecule has 0 radical (unpaired) electrons. The van der Waals surface area contributed by atoms with Crippen molar-refractivity contribution in [1.29, 1.82) is 0 Å². The molecular weight excluding hydrogens is 344 g/mol. The largest absolute Gasteiger partial charge is 0.349 e. The fraction of sp³-hybridized carbons (Fsp3) is 0.238. The number of rotatable bonds is 3. The van der Waals surface area contributed by atoms with Crippen molar-refractivity contribution in [2.75, 3.05) is 13.1 Å². The molecule has 1 aliphatic rings. The first-order valence-electron chi connectivity index (χ1n) is 8.84. The van der Waals surface area contributed by atoms with Gasteiger partial charge in [0.1, 0.15) is 0 Å². The number of amides is 2. The molecule has 26 heavy (non-hydrogen) atoms. The third kappa shape index (κ3) is 3.35. The number of benzene rings is 2. The van der Waals surface area contributed by atoms with Crippen LogP contribution in [0.2, 0.25) is 0 Å². The number of hydrogen-bond donors (Lipinski definition) is 1. The van der Waals surface area contributed by atoms with Gasteiger partial charge in [-0.3, -0.25) is 9.59 Å². The molecule has 1 aromatic heterocycles. The Morgan fingerprint density at radius 2 is 1.65 bits per heavy atom. The fourth-order valence-electron chi connectivity index (χ4n) is 3.40. The van der Waals surface area contributed by atoms with Crippen molar-refractivity contribution in [2.45, 2.75) is 18.9 Å². The van der Waals surface area contributed by atoms with Crippen molar-refractivity contribution < 1.29 is 9.59 Å². The van der Waals surface area contributed by atoms with Crippen molar-refractivity contribution in [3.05, 3.63) is 71.1 Å². The molecule has 0 unspecified atom stereocenters. The number of fused-ring (bicyclic) bond motifs is 1.